The van der Waals surface area contributed by atoms with Gasteiger partial charge in [-0.2, -0.15) is 0 Å². The zero-order valence-corrected chi connectivity index (χ0v) is 9.09. The van der Waals surface area contributed by atoms with Crippen LogP contribution in [0.15, 0.2) is 0 Å². The molecule has 0 aliphatic heterocycles. The van der Waals surface area contributed by atoms with Crippen LogP contribution in [0, 0.1) is 17.8 Å². The Kier molecular flexibility index (Phi) is 6.27. The molecule has 0 amide bonds. The predicted molar refractivity (Wildman–Crippen MR) is 53.7 cm³/mol. The van der Waals surface area contributed by atoms with Gasteiger partial charge in [-0.3, -0.25) is 0 Å². The Hall–Kier alpha value is -0.160. The molecule has 4 heteroatoms. The zero-order chi connectivity index (χ0) is 11.3. The molecule has 0 spiro atoms. The molecule has 0 aliphatic rings. The van der Waals surface area contributed by atoms with E-state index in [2.05, 4.69) is 0 Å². The van der Waals surface area contributed by atoms with Gasteiger partial charge in [0.1, 0.15) is 0 Å². The van der Waals surface area contributed by atoms with Crippen LogP contribution in [-0.2, 0) is 0 Å². The van der Waals surface area contributed by atoms with E-state index >= 15 is 0 Å². The highest BCUT2D eigenvalue weighted by Crippen LogP contribution is 2.20. The quantitative estimate of drug-likeness (QED) is 0.477. The van der Waals surface area contributed by atoms with Gasteiger partial charge in [-0.25, -0.2) is 0 Å². The Morgan fingerprint density at radius 2 is 1.07 bits per heavy atom. The molecule has 4 nitrogen and oxygen atoms in total. The van der Waals surface area contributed by atoms with Crippen LogP contribution < -0.4 is 0 Å². The van der Waals surface area contributed by atoms with Gasteiger partial charge in [0, 0.05) is 31.0 Å². The average molecular weight is 206 g/mol. The maximum absolute atomic E-state index is 9.70. The Morgan fingerprint density at radius 3 is 1.29 bits per heavy atom. The van der Waals surface area contributed by atoms with Gasteiger partial charge in [0.05, 0.1) is 12.2 Å². The van der Waals surface area contributed by atoms with Crippen LogP contribution in [0.3, 0.4) is 0 Å². The first kappa shape index (κ1) is 13.8. The topological polar surface area (TPSA) is 80.9 Å². The van der Waals surface area contributed by atoms with Crippen LogP contribution in [0.25, 0.3) is 0 Å². The smallest absolute Gasteiger partial charge is 0.0637 e. The van der Waals surface area contributed by atoms with Gasteiger partial charge in [0.25, 0.3) is 0 Å². The molecule has 0 aliphatic carbocycles. The molecule has 0 bridgehead atoms. The Labute approximate surface area is 85.2 Å². The van der Waals surface area contributed by atoms with Gasteiger partial charge in [0.2, 0.25) is 0 Å². The van der Waals surface area contributed by atoms with Crippen molar-refractivity contribution in [2.75, 3.05) is 13.2 Å². The van der Waals surface area contributed by atoms with E-state index in [9.17, 15) is 10.2 Å². The molecule has 0 radical (unpaired) electrons. The van der Waals surface area contributed by atoms with Gasteiger partial charge in [0.15, 0.2) is 0 Å². The summed E-state index contributed by atoms with van der Waals surface area (Å²) in [6, 6.07) is 0. The molecule has 0 saturated carbocycles. The summed E-state index contributed by atoms with van der Waals surface area (Å²) in [6.45, 7) is 4.94. The van der Waals surface area contributed by atoms with Crippen molar-refractivity contribution in [1.29, 1.82) is 0 Å². The maximum atomic E-state index is 9.70. The van der Waals surface area contributed by atoms with E-state index in [0.717, 1.165) is 0 Å². The van der Waals surface area contributed by atoms with Crippen molar-refractivity contribution in [1.82, 2.24) is 0 Å². The van der Waals surface area contributed by atoms with E-state index in [0.29, 0.717) is 0 Å². The summed E-state index contributed by atoms with van der Waals surface area (Å²) in [7, 11) is 0. The third-order valence-corrected chi connectivity index (χ3v) is 2.82. The SMILES string of the molecule is CC(CO)C(O)C(C)[C@H](O)C(C)CO. The van der Waals surface area contributed by atoms with Crippen LogP contribution in [-0.4, -0.2) is 45.8 Å². The summed E-state index contributed by atoms with van der Waals surface area (Å²) in [5, 5.41) is 37.1. The summed E-state index contributed by atoms with van der Waals surface area (Å²) >= 11 is 0. The maximum Gasteiger partial charge on any atom is 0.0637 e. The predicted octanol–water partition coefficient (Wildman–Crippen LogP) is -0.399. The van der Waals surface area contributed by atoms with Crippen LogP contribution in [0.2, 0.25) is 0 Å². The lowest BCUT2D eigenvalue weighted by Gasteiger charge is -2.30. The van der Waals surface area contributed by atoms with Crippen molar-refractivity contribution in [3.05, 3.63) is 0 Å². The van der Waals surface area contributed by atoms with Crippen molar-refractivity contribution in [3.8, 4) is 0 Å². The lowest BCUT2D eigenvalue weighted by molar-refractivity contribution is -0.0464. The molecule has 5 atom stereocenters. The third kappa shape index (κ3) is 3.53. The van der Waals surface area contributed by atoms with Gasteiger partial charge in [-0.1, -0.05) is 20.8 Å². The zero-order valence-electron chi connectivity index (χ0n) is 9.09. The van der Waals surface area contributed by atoms with E-state index in [1.165, 1.54) is 0 Å². The summed E-state index contributed by atoms with van der Waals surface area (Å²) in [4.78, 5) is 0. The first-order valence-corrected chi connectivity index (χ1v) is 5.03. The fourth-order valence-electron chi connectivity index (χ4n) is 1.45. The molecular formula is C10H22O4. The van der Waals surface area contributed by atoms with E-state index < -0.39 is 12.2 Å². The number of aliphatic hydroxyl groups excluding tert-OH is 4. The molecule has 0 rings (SSSR count). The number of hydrogen-bond donors (Lipinski definition) is 4. The minimum absolute atomic E-state index is 0.105. The highest BCUT2D eigenvalue weighted by Gasteiger charge is 2.29. The van der Waals surface area contributed by atoms with E-state index in [1.54, 1.807) is 20.8 Å². The third-order valence-electron chi connectivity index (χ3n) is 2.82. The number of aliphatic hydroxyl groups is 4. The molecular weight excluding hydrogens is 184 g/mol. The lowest BCUT2D eigenvalue weighted by Crippen LogP contribution is -2.39. The minimum atomic E-state index is -0.746. The Balaban J connectivity index is 4.22. The van der Waals surface area contributed by atoms with Crippen LogP contribution in [0.1, 0.15) is 20.8 Å². The Morgan fingerprint density at radius 1 is 0.786 bits per heavy atom. The molecule has 4 unspecified atom stereocenters. The standard InChI is InChI=1S/C10H22O4/c1-6(4-11)9(13)8(3)10(14)7(2)5-12/h6-14H,4-5H2,1-3H3/t6?,7?,8?,9-,10?/m1/s1. The summed E-state index contributed by atoms with van der Waals surface area (Å²) in [5.41, 5.74) is 0. The molecule has 4 N–H and O–H groups in total. The fourth-order valence-corrected chi connectivity index (χ4v) is 1.45. The van der Waals surface area contributed by atoms with E-state index in [4.69, 9.17) is 10.2 Å². The minimum Gasteiger partial charge on any atom is -0.396 e. The molecule has 86 valence electrons. The van der Waals surface area contributed by atoms with Crippen molar-refractivity contribution in [2.24, 2.45) is 17.8 Å². The first-order valence-electron chi connectivity index (χ1n) is 5.03. The lowest BCUT2D eigenvalue weighted by atomic mass is 9.85. The average Bonchev–Trinajstić information content (AvgIpc) is 2.23. The van der Waals surface area contributed by atoms with E-state index in [1.807, 2.05) is 0 Å². The van der Waals surface area contributed by atoms with Crippen LogP contribution in [0.5, 0.6) is 0 Å². The summed E-state index contributed by atoms with van der Waals surface area (Å²) in [6.07, 6.45) is -1.49. The highest BCUT2D eigenvalue weighted by atomic mass is 16.3. The first-order chi connectivity index (χ1) is 6.45. The molecule has 0 aromatic rings. The van der Waals surface area contributed by atoms with Crippen molar-refractivity contribution < 1.29 is 20.4 Å². The van der Waals surface area contributed by atoms with Gasteiger partial charge >= 0.3 is 0 Å². The van der Waals surface area contributed by atoms with Crippen LogP contribution in [0.4, 0.5) is 0 Å². The van der Waals surface area contributed by atoms with Crippen LogP contribution >= 0.6 is 0 Å². The summed E-state index contributed by atoms with van der Waals surface area (Å²) in [5.74, 6) is -0.865. The second-order valence-electron chi connectivity index (χ2n) is 4.16. The number of hydrogen-bond acceptors (Lipinski definition) is 4. The van der Waals surface area contributed by atoms with Crippen molar-refractivity contribution in [3.63, 3.8) is 0 Å². The van der Waals surface area contributed by atoms with E-state index in [-0.39, 0.29) is 31.0 Å². The summed E-state index contributed by atoms with van der Waals surface area (Å²) < 4.78 is 0. The molecule has 0 aromatic heterocycles. The van der Waals surface area contributed by atoms with Gasteiger partial charge in [-0.05, 0) is 0 Å². The Bertz CT molecular complexity index is 135. The normalized spacial score (nSPS) is 22.5. The molecule has 0 fully saturated rings. The van der Waals surface area contributed by atoms with Gasteiger partial charge in [-0.15, -0.1) is 0 Å². The highest BCUT2D eigenvalue weighted by molar-refractivity contribution is 4.79. The molecule has 0 saturated heterocycles. The second kappa shape index (κ2) is 6.35. The van der Waals surface area contributed by atoms with Crippen molar-refractivity contribution >= 4 is 0 Å². The number of rotatable bonds is 6. The fraction of sp³-hybridized carbons (Fsp3) is 1.00. The second-order valence-corrected chi connectivity index (χ2v) is 4.16. The molecule has 14 heavy (non-hydrogen) atoms. The van der Waals surface area contributed by atoms with Gasteiger partial charge < -0.3 is 20.4 Å². The molecule has 0 heterocycles. The molecule has 0 aromatic carbocycles. The largest absolute Gasteiger partial charge is 0.396 e. The monoisotopic (exact) mass is 206 g/mol. The van der Waals surface area contributed by atoms with Crippen molar-refractivity contribution in [2.45, 2.75) is 33.0 Å².